The Bertz CT molecular complexity index is 2540. The monoisotopic (exact) mass is 860 g/mol. The number of esters is 2. The molecule has 7 rings (SSSR count). The van der Waals surface area contributed by atoms with E-state index < -0.39 is 17.6 Å². The van der Waals surface area contributed by atoms with Gasteiger partial charge in [-0.25, -0.2) is 33.9 Å². The maximum absolute atomic E-state index is 14.6. The van der Waals surface area contributed by atoms with Gasteiger partial charge in [0.1, 0.15) is 3.70 Å². The van der Waals surface area contributed by atoms with Crippen molar-refractivity contribution in [1.82, 2.24) is 28.7 Å². The lowest BCUT2D eigenvalue weighted by Crippen LogP contribution is -2.06. The number of aromatic nitrogens is 6. The Morgan fingerprint density at radius 1 is 0.709 bits per heavy atom. The first-order chi connectivity index (χ1) is 26.6. The van der Waals surface area contributed by atoms with Crippen LogP contribution in [-0.2, 0) is 22.3 Å². The molecule has 0 fully saturated rings. The quantitative estimate of drug-likeness (QED) is 0.101. The third-order valence-corrected chi connectivity index (χ3v) is 9.46. The van der Waals surface area contributed by atoms with Gasteiger partial charge in [-0.1, -0.05) is 13.8 Å². The molecule has 0 aliphatic carbocycles. The molecule has 0 amide bonds. The molecule has 0 aliphatic heterocycles. The van der Waals surface area contributed by atoms with E-state index in [0.29, 0.717) is 46.2 Å². The molecule has 7 aromatic rings. The summed E-state index contributed by atoms with van der Waals surface area (Å²) in [7, 11) is 4.00. The van der Waals surface area contributed by atoms with Crippen LogP contribution in [0.15, 0.2) is 85.7 Å². The molecular weight excluding hydrogens is 825 g/mol. The average molecular weight is 861 g/mol. The zero-order valence-corrected chi connectivity index (χ0v) is 32.5. The van der Waals surface area contributed by atoms with Gasteiger partial charge in [0.15, 0.2) is 34.5 Å². The van der Waals surface area contributed by atoms with E-state index in [1.54, 1.807) is 41.2 Å². The third-order valence-electron chi connectivity index (χ3n) is 8.66. The minimum absolute atomic E-state index is 0.0450. The number of fused-ring (bicyclic) bond motifs is 2. The second-order valence-electron chi connectivity index (χ2n) is 11.8. The summed E-state index contributed by atoms with van der Waals surface area (Å²) in [6, 6.07) is 13.6. The first kappa shape index (κ1) is 38.6. The number of ether oxygens (including phenoxy) is 3. The fourth-order valence-electron chi connectivity index (χ4n) is 5.89. The highest BCUT2D eigenvalue weighted by atomic mass is 127. The zero-order chi connectivity index (χ0) is 39.2. The zero-order valence-electron chi connectivity index (χ0n) is 30.4. The van der Waals surface area contributed by atoms with Gasteiger partial charge in [0.25, 0.3) is 0 Å². The van der Waals surface area contributed by atoms with Crippen LogP contribution in [-0.4, -0.2) is 62.0 Å². The van der Waals surface area contributed by atoms with Crippen LogP contribution in [0.3, 0.4) is 0 Å². The number of hydrogen-bond donors (Lipinski definition) is 2. The first-order valence-corrected chi connectivity index (χ1v) is 18.0. The number of carbonyl (C=O) groups excluding carboxylic acids is 2. The molecule has 0 spiro atoms. The molecule has 55 heavy (non-hydrogen) atoms. The molecule has 0 saturated heterocycles. The largest absolute Gasteiger partial charge is 0.494 e. The maximum Gasteiger partial charge on any atom is 0.338 e. The van der Waals surface area contributed by atoms with Crippen molar-refractivity contribution in [3.63, 3.8) is 0 Å². The van der Waals surface area contributed by atoms with Gasteiger partial charge in [-0.15, -0.1) is 0 Å². The Labute approximate surface area is 327 Å². The molecule has 2 N–H and O–H groups in total. The number of rotatable bonds is 10. The van der Waals surface area contributed by atoms with Gasteiger partial charge >= 0.3 is 11.9 Å². The van der Waals surface area contributed by atoms with E-state index in [2.05, 4.69) is 53.2 Å². The minimum Gasteiger partial charge on any atom is -0.494 e. The predicted octanol–water partition coefficient (Wildman–Crippen LogP) is 8.20. The van der Waals surface area contributed by atoms with E-state index in [1.165, 1.54) is 45.9 Å². The van der Waals surface area contributed by atoms with Gasteiger partial charge in [-0.3, -0.25) is 8.80 Å². The van der Waals surface area contributed by atoms with Gasteiger partial charge in [0.2, 0.25) is 5.82 Å². The van der Waals surface area contributed by atoms with Gasteiger partial charge in [0, 0.05) is 41.7 Å². The number of anilines is 4. The fourth-order valence-corrected chi connectivity index (χ4v) is 6.42. The maximum atomic E-state index is 14.6. The normalized spacial score (nSPS) is 10.8. The number of nitrogens with one attached hydrogen (secondary N) is 2. The molecule has 0 atom stereocenters. The van der Waals surface area contributed by atoms with Crippen LogP contribution >= 0.6 is 22.6 Å². The van der Waals surface area contributed by atoms with Crippen molar-refractivity contribution in [2.75, 3.05) is 32.0 Å². The summed E-state index contributed by atoms with van der Waals surface area (Å²) in [5, 5.41) is 6.45. The van der Waals surface area contributed by atoms with Crippen molar-refractivity contribution in [1.29, 1.82) is 0 Å². The molecule has 4 aromatic heterocycles. The molecule has 13 nitrogen and oxygen atoms in total. The summed E-state index contributed by atoms with van der Waals surface area (Å²) in [5.41, 5.74) is 5.95. The summed E-state index contributed by atoms with van der Waals surface area (Å²) >= 11 is 2.22. The molecule has 0 aliphatic rings. The number of benzene rings is 3. The Balaban J connectivity index is 0.000000197. The molecule has 0 unspecified atom stereocenters. The fraction of sp³-hybridized carbons (Fsp3) is 0.179. The SMILES string of the molecule is CCc1cc(Nc2nccn3c(-c4ccc(OC)c(F)c4F)cnc23)ccc1C(=O)OC.CCc1cc(Nc2nccn3c(I)cnc23)ccc1C(=O)OC. The van der Waals surface area contributed by atoms with Crippen molar-refractivity contribution in [3.8, 4) is 17.0 Å². The molecule has 3 aromatic carbocycles. The molecule has 16 heteroatoms. The summed E-state index contributed by atoms with van der Waals surface area (Å²) < 4.78 is 47.9. The standard InChI is InChI=1S/C23H20F2N4O3.C16H15IN4O2/c1-4-13-11-14(5-6-15(13)23(30)32-3)28-21-22-27-12-17(29(22)10-9-26-21)16-7-8-18(31-2)20(25)19(16)24;1-3-10-8-11(4-5-12(10)16(22)23-2)20-14-15-19-9-13(17)21(15)7-6-18-14/h5-12H,4H2,1-3H3,(H,26,28);4-9H,3H2,1-2H3,(H,18,20). The van der Waals surface area contributed by atoms with E-state index in [-0.39, 0.29) is 17.3 Å². The lowest BCUT2D eigenvalue weighted by molar-refractivity contribution is 0.0590. The summed E-state index contributed by atoms with van der Waals surface area (Å²) in [6.07, 6.45) is 11.3. The smallest absolute Gasteiger partial charge is 0.338 e. The number of aryl methyl sites for hydroxylation is 2. The number of methoxy groups -OCH3 is 3. The molecule has 0 radical (unpaired) electrons. The second kappa shape index (κ2) is 16.9. The molecule has 282 valence electrons. The predicted molar refractivity (Wildman–Crippen MR) is 211 cm³/mol. The topological polar surface area (TPSA) is 146 Å². The van der Waals surface area contributed by atoms with Crippen LogP contribution in [0.1, 0.15) is 45.7 Å². The summed E-state index contributed by atoms with van der Waals surface area (Å²) in [5.74, 6) is -1.90. The summed E-state index contributed by atoms with van der Waals surface area (Å²) in [4.78, 5) is 41.1. The van der Waals surface area contributed by atoms with Gasteiger partial charge in [-0.05, 0) is 95.1 Å². The number of imidazole rings is 2. The lowest BCUT2D eigenvalue weighted by Gasteiger charge is -2.12. The van der Waals surface area contributed by atoms with Crippen LogP contribution < -0.4 is 15.4 Å². The summed E-state index contributed by atoms with van der Waals surface area (Å²) in [6.45, 7) is 3.94. The second-order valence-corrected chi connectivity index (χ2v) is 12.9. The lowest BCUT2D eigenvalue weighted by atomic mass is 10.0. The highest BCUT2D eigenvalue weighted by Crippen LogP contribution is 2.32. The molecule has 4 heterocycles. The van der Waals surface area contributed by atoms with Crippen molar-refractivity contribution in [3.05, 3.63) is 123 Å². The highest BCUT2D eigenvalue weighted by Gasteiger charge is 2.20. The Kier molecular flexibility index (Phi) is 11.8. The molecule has 0 saturated carbocycles. The van der Waals surface area contributed by atoms with E-state index in [4.69, 9.17) is 14.2 Å². The van der Waals surface area contributed by atoms with Crippen molar-refractivity contribution in [2.24, 2.45) is 0 Å². The Morgan fingerprint density at radius 2 is 1.24 bits per heavy atom. The molecular formula is C39H35F2IN8O5. The van der Waals surface area contributed by atoms with Gasteiger partial charge in [0.05, 0.1) is 50.5 Å². The van der Waals surface area contributed by atoms with Crippen molar-refractivity contribution >= 4 is 68.8 Å². The number of carbonyl (C=O) groups is 2. The van der Waals surface area contributed by atoms with E-state index in [0.717, 1.165) is 32.6 Å². The number of nitrogens with zero attached hydrogens (tertiary/aromatic N) is 6. The van der Waals surface area contributed by atoms with Crippen LogP contribution in [0.5, 0.6) is 5.75 Å². The number of hydrogen-bond acceptors (Lipinski definition) is 11. The van der Waals surface area contributed by atoms with Crippen LogP contribution in [0.4, 0.5) is 31.8 Å². The average Bonchev–Trinajstić information content (AvgIpc) is 3.83. The molecule has 0 bridgehead atoms. The first-order valence-electron chi connectivity index (χ1n) is 16.9. The van der Waals surface area contributed by atoms with Crippen LogP contribution in [0.2, 0.25) is 0 Å². The third kappa shape index (κ3) is 7.89. The van der Waals surface area contributed by atoms with Crippen LogP contribution in [0.25, 0.3) is 22.6 Å². The van der Waals surface area contributed by atoms with Gasteiger partial charge in [-0.2, -0.15) is 4.39 Å². The van der Waals surface area contributed by atoms with Crippen molar-refractivity contribution in [2.45, 2.75) is 26.7 Å². The highest BCUT2D eigenvalue weighted by molar-refractivity contribution is 14.1. The van der Waals surface area contributed by atoms with E-state index >= 15 is 0 Å². The Hall–Kier alpha value is -6.17. The van der Waals surface area contributed by atoms with Crippen molar-refractivity contribution < 1.29 is 32.6 Å². The Morgan fingerprint density at radius 3 is 1.76 bits per heavy atom. The minimum atomic E-state index is -1.06. The van der Waals surface area contributed by atoms with Crippen LogP contribution in [0, 0.1) is 15.3 Å². The number of halogens is 3. The van der Waals surface area contributed by atoms with E-state index in [9.17, 15) is 18.4 Å². The van der Waals surface area contributed by atoms with Gasteiger partial charge < -0.3 is 24.8 Å². The van der Waals surface area contributed by atoms with E-state index in [1.807, 2.05) is 42.6 Å².